The number of nitrogens with zero attached hydrogens (tertiary/aromatic N) is 1. The minimum Gasteiger partial charge on any atom is -0.497 e. The number of carbonyl (C=O) groups excluding carboxylic acids is 3. The molecule has 2 aliphatic heterocycles. The zero-order valence-corrected chi connectivity index (χ0v) is 19.3. The summed E-state index contributed by atoms with van der Waals surface area (Å²) in [5.41, 5.74) is -4.84. The number of hydrogen-bond donors (Lipinski definition) is 1. The molecule has 2 heterocycles. The largest absolute Gasteiger partial charge is 0.497 e. The van der Waals surface area contributed by atoms with Crippen LogP contribution < -0.4 is 10.1 Å². The van der Waals surface area contributed by atoms with Crippen LogP contribution in [-0.4, -0.2) is 60.6 Å². The van der Waals surface area contributed by atoms with E-state index >= 15 is 0 Å². The maximum atomic E-state index is 14.8. The Hall–Kier alpha value is -2.88. The fourth-order valence-corrected chi connectivity index (χ4v) is 5.00. The Morgan fingerprint density at radius 1 is 1.21 bits per heavy atom. The second kappa shape index (κ2) is 8.41. The van der Waals surface area contributed by atoms with Gasteiger partial charge in [-0.1, -0.05) is 13.8 Å². The number of carbonyl (C=O) groups is 3. The first-order chi connectivity index (χ1) is 15.9. The smallest absolute Gasteiger partial charge is 0.425 e. The third kappa shape index (κ3) is 3.97. The first-order valence-electron chi connectivity index (χ1n) is 11.1. The van der Waals surface area contributed by atoms with Gasteiger partial charge in [0.2, 0.25) is 5.54 Å². The van der Waals surface area contributed by atoms with Crippen LogP contribution >= 0.6 is 0 Å². The zero-order valence-electron chi connectivity index (χ0n) is 19.3. The maximum absolute atomic E-state index is 14.8. The second-order valence-electron chi connectivity index (χ2n) is 9.74. The summed E-state index contributed by atoms with van der Waals surface area (Å²) < 4.78 is 54.9. The summed E-state index contributed by atoms with van der Waals surface area (Å²) in [4.78, 5) is 40.7. The molecule has 34 heavy (non-hydrogen) atoms. The van der Waals surface area contributed by atoms with Crippen LogP contribution in [0.3, 0.4) is 0 Å². The van der Waals surface area contributed by atoms with Crippen LogP contribution in [0.15, 0.2) is 35.5 Å². The predicted molar refractivity (Wildman–Crippen MR) is 115 cm³/mol. The number of ether oxygens (including phenoxy) is 2. The van der Waals surface area contributed by atoms with Gasteiger partial charge < -0.3 is 19.7 Å². The molecule has 4 rings (SSSR count). The molecule has 1 fully saturated rings. The fourth-order valence-electron chi connectivity index (χ4n) is 5.00. The minimum atomic E-state index is -5.24. The van der Waals surface area contributed by atoms with E-state index in [0.29, 0.717) is 18.8 Å². The van der Waals surface area contributed by atoms with Crippen molar-refractivity contribution in [3.63, 3.8) is 0 Å². The van der Waals surface area contributed by atoms with Gasteiger partial charge in [0.1, 0.15) is 5.75 Å². The maximum Gasteiger partial charge on any atom is 0.425 e. The molecule has 0 radical (unpaired) electrons. The fraction of sp³-hybridized carbons (Fsp3) is 0.542. The highest BCUT2D eigenvalue weighted by molar-refractivity contribution is 6.14. The number of ketones is 1. The van der Waals surface area contributed by atoms with E-state index in [1.807, 2.05) is 5.32 Å². The molecule has 2 atom stereocenters. The molecule has 1 aromatic rings. The molecule has 7 nitrogen and oxygen atoms in total. The van der Waals surface area contributed by atoms with Gasteiger partial charge in [0.15, 0.2) is 5.78 Å². The molecular formula is C24H27F3N2O5. The second-order valence-corrected chi connectivity index (χ2v) is 9.74. The van der Waals surface area contributed by atoms with Crippen molar-refractivity contribution < 1.29 is 37.0 Å². The summed E-state index contributed by atoms with van der Waals surface area (Å²) in [7, 11) is 1.41. The molecule has 184 valence electrons. The zero-order chi connectivity index (χ0) is 24.9. The van der Waals surface area contributed by atoms with Crippen molar-refractivity contribution in [3.8, 4) is 5.75 Å². The number of benzene rings is 1. The van der Waals surface area contributed by atoms with E-state index in [0.717, 1.165) is 11.3 Å². The first-order valence-corrected chi connectivity index (χ1v) is 11.1. The molecule has 0 saturated carbocycles. The summed E-state index contributed by atoms with van der Waals surface area (Å²) in [5.74, 6) is -2.86. The highest BCUT2D eigenvalue weighted by Crippen LogP contribution is 2.52. The lowest BCUT2D eigenvalue weighted by atomic mass is 9.72. The highest BCUT2D eigenvalue weighted by atomic mass is 19.4. The lowest BCUT2D eigenvalue weighted by Crippen LogP contribution is -2.66. The molecule has 1 aliphatic carbocycles. The normalized spacial score (nSPS) is 26.6. The molecule has 0 bridgehead atoms. The standard InChI is InChI=1S/C24H27F3N2O5/c1-22(2)11-17-19(18(30)12-22)23(24(25,26)27,21(32)29(17)13-16-5-4-10-34-16)28-20(31)14-6-8-15(33-3)9-7-14/h6-9,16H,4-5,10-13H2,1-3H3,(H,28,31)/t16-,23-/m0/s1. The van der Waals surface area contributed by atoms with Crippen LogP contribution in [0.1, 0.15) is 49.9 Å². The van der Waals surface area contributed by atoms with Crippen molar-refractivity contribution in [2.45, 2.75) is 57.3 Å². The third-order valence-electron chi connectivity index (χ3n) is 6.61. The number of methoxy groups -OCH3 is 1. The quantitative estimate of drug-likeness (QED) is 0.699. The van der Waals surface area contributed by atoms with E-state index in [1.54, 1.807) is 13.8 Å². The van der Waals surface area contributed by atoms with Crippen molar-refractivity contribution >= 4 is 17.6 Å². The van der Waals surface area contributed by atoms with Crippen molar-refractivity contribution in [2.75, 3.05) is 20.3 Å². The number of Topliss-reactive ketones (excluding diaryl/α,β-unsaturated/α-hetero) is 1. The number of rotatable bonds is 5. The Labute approximate surface area is 195 Å². The van der Waals surface area contributed by atoms with E-state index in [9.17, 15) is 27.6 Å². The SMILES string of the molecule is COc1ccc(C(=O)N[C@]2(C(F)(F)F)C(=O)N(C[C@@H]3CCCO3)C3=C2C(=O)CC(C)(C)C3)cc1. The van der Waals surface area contributed by atoms with Gasteiger partial charge in [0.05, 0.1) is 25.3 Å². The van der Waals surface area contributed by atoms with Crippen LogP contribution in [0.4, 0.5) is 13.2 Å². The van der Waals surface area contributed by atoms with E-state index in [4.69, 9.17) is 9.47 Å². The molecule has 3 aliphatic rings. The van der Waals surface area contributed by atoms with E-state index in [2.05, 4.69) is 0 Å². The summed E-state index contributed by atoms with van der Waals surface area (Å²) in [5, 5.41) is 1.93. The topological polar surface area (TPSA) is 84.9 Å². The van der Waals surface area contributed by atoms with Gasteiger partial charge in [0.25, 0.3) is 11.8 Å². The Morgan fingerprint density at radius 3 is 2.44 bits per heavy atom. The van der Waals surface area contributed by atoms with Gasteiger partial charge in [0, 0.05) is 24.3 Å². The number of hydrogen-bond acceptors (Lipinski definition) is 5. The van der Waals surface area contributed by atoms with Gasteiger partial charge in [-0.2, -0.15) is 13.2 Å². The van der Waals surface area contributed by atoms with Gasteiger partial charge in [-0.25, -0.2) is 0 Å². The summed E-state index contributed by atoms with van der Waals surface area (Å²) in [6, 6.07) is 5.44. The number of alkyl halides is 3. The van der Waals surface area contributed by atoms with E-state index in [-0.39, 0.29) is 30.6 Å². The Kier molecular flexibility index (Phi) is 6.00. The third-order valence-corrected chi connectivity index (χ3v) is 6.61. The van der Waals surface area contributed by atoms with Crippen LogP contribution in [0.25, 0.3) is 0 Å². The number of amides is 2. The van der Waals surface area contributed by atoms with Crippen LogP contribution in [0.5, 0.6) is 5.75 Å². The van der Waals surface area contributed by atoms with Crippen molar-refractivity contribution in [1.82, 2.24) is 10.2 Å². The van der Waals surface area contributed by atoms with Crippen LogP contribution in [0, 0.1) is 5.41 Å². The molecule has 1 aromatic carbocycles. The van der Waals surface area contributed by atoms with Gasteiger partial charge in [-0.05, 0) is 48.9 Å². The Morgan fingerprint density at radius 2 is 1.88 bits per heavy atom. The monoisotopic (exact) mass is 480 g/mol. The number of halogens is 3. The summed E-state index contributed by atoms with van der Waals surface area (Å²) in [6.45, 7) is 3.90. The lowest BCUT2D eigenvalue weighted by molar-refractivity contribution is -0.191. The van der Waals surface area contributed by atoms with Crippen molar-refractivity contribution in [1.29, 1.82) is 0 Å². The molecule has 0 spiro atoms. The molecule has 0 unspecified atom stereocenters. The predicted octanol–water partition coefficient (Wildman–Crippen LogP) is 3.39. The van der Waals surface area contributed by atoms with E-state index in [1.165, 1.54) is 31.4 Å². The molecule has 1 saturated heterocycles. The first kappa shape index (κ1) is 24.3. The molecule has 1 N–H and O–H groups in total. The van der Waals surface area contributed by atoms with Crippen molar-refractivity contribution in [3.05, 3.63) is 41.1 Å². The highest BCUT2D eigenvalue weighted by Gasteiger charge is 2.71. The lowest BCUT2D eigenvalue weighted by Gasteiger charge is -2.35. The molecular weight excluding hydrogens is 453 g/mol. The summed E-state index contributed by atoms with van der Waals surface area (Å²) >= 11 is 0. The average Bonchev–Trinajstić information content (AvgIpc) is 3.34. The summed E-state index contributed by atoms with van der Waals surface area (Å²) in [6.07, 6.45) is -4.40. The van der Waals surface area contributed by atoms with Crippen LogP contribution in [0.2, 0.25) is 0 Å². The van der Waals surface area contributed by atoms with Gasteiger partial charge in [-0.15, -0.1) is 0 Å². The number of nitrogens with one attached hydrogen (secondary N) is 1. The van der Waals surface area contributed by atoms with E-state index < -0.39 is 46.4 Å². The van der Waals surface area contributed by atoms with Gasteiger partial charge in [-0.3, -0.25) is 14.4 Å². The Balaban J connectivity index is 1.81. The average molecular weight is 480 g/mol. The number of allylic oxidation sites excluding steroid dienone is 1. The molecule has 10 heteroatoms. The Bertz CT molecular complexity index is 1040. The van der Waals surface area contributed by atoms with Crippen molar-refractivity contribution in [2.24, 2.45) is 5.41 Å². The molecule has 0 aromatic heterocycles. The van der Waals surface area contributed by atoms with Gasteiger partial charge >= 0.3 is 6.18 Å². The molecule has 2 amide bonds. The minimum absolute atomic E-state index is 0.0223. The van der Waals surface area contributed by atoms with Crippen LogP contribution in [-0.2, 0) is 14.3 Å².